The number of nitrogens with zero attached hydrogens (tertiary/aromatic N) is 3. The van der Waals surface area contributed by atoms with E-state index in [1.54, 1.807) is 21.9 Å². The van der Waals surface area contributed by atoms with Crippen LogP contribution >= 0.6 is 0 Å². The Kier molecular flexibility index (Phi) is 6.48. The maximum absolute atomic E-state index is 12.5. The lowest BCUT2D eigenvalue weighted by Crippen LogP contribution is -2.50. The third-order valence-electron chi connectivity index (χ3n) is 5.12. The molecule has 156 valence electrons. The molecule has 0 unspecified atom stereocenters. The Bertz CT molecular complexity index is 658. The van der Waals surface area contributed by atoms with Crippen molar-refractivity contribution in [1.82, 2.24) is 20.0 Å². The molecule has 28 heavy (non-hydrogen) atoms. The fraction of sp³-hybridized carbons (Fsp3) is 0.667. The van der Waals surface area contributed by atoms with Crippen molar-refractivity contribution in [3.8, 4) is 0 Å². The minimum atomic E-state index is -4.22. The van der Waals surface area contributed by atoms with Gasteiger partial charge in [-0.15, -0.1) is 0 Å². The van der Waals surface area contributed by atoms with E-state index in [0.29, 0.717) is 51.2 Å². The van der Waals surface area contributed by atoms with Crippen LogP contribution < -0.4 is 5.32 Å². The fourth-order valence-corrected chi connectivity index (χ4v) is 3.63. The predicted molar refractivity (Wildman–Crippen MR) is 94.9 cm³/mol. The van der Waals surface area contributed by atoms with Crippen molar-refractivity contribution in [3.63, 3.8) is 0 Å². The second-order valence-corrected chi connectivity index (χ2v) is 7.23. The van der Waals surface area contributed by atoms with Crippen LogP contribution in [-0.2, 0) is 0 Å². The lowest BCUT2D eigenvalue weighted by molar-refractivity contribution is -0.145. The van der Waals surface area contributed by atoms with Crippen LogP contribution in [0.15, 0.2) is 22.8 Å². The SMILES string of the molecule is O=C(NC1CCN(C(=O)c2ccco2)CC1)N1CCCN(CC(F)(F)F)CC1. The molecule has 1 N–H and O–H groups in total. The summed E-state index contributed by atoms with van der Waals surface area (Å²) in [6.07, 6.45) is -0.992. The maximum Gasteiger partial charge on any atom is 0.401 e. The van der Waals surface area contributed by atoms with E-state index in [1.165, 1.54) is 11.2 Å². The van der Waals surface area contributed by atoms with Crippen molar-refractivity contribution in [3.05, 3.63) is 24.2 Å². The third-order valence-corrected chi connectivity index (χ3v) is 5.12. The molecule has 2 fully saturated rings. The van der Waals surface area contributed by atoms with Crippen molar-refractivity contribution in [1.29, 1.82) is 0 Å². The largest absolute Gasteiger partial charge is 0.459 e. The zero-order chi connectivity index (χ0) is 20.1. The van der Waals surface area contributed by atoms with Crippen molar-refractivity contribution in [2.24, 2.45) is 0 Å². The highest BCUT2D eigenvalue weighted by atomic mass is 19.4. The Hall–Kier alpha value is -2.23. The van der Waals surface area contributed by atoms with Gasteiger partial charge in [-0.25, -0.2) is 4.79 Å². The van der Waals surface area contributed by atoms with Crippen molar-refractivity contribution >= 4 is 11.9 Å². The quantitative estimate of drug-likeness (QED) is 0.842. The number of hydrogen-bond acceptors (Lipinski definition) is 4. The van der Waals surface area contributed by atoms with Gasteiger partial charge in [0.1, 0.15) is 0 Å². The summed E-state index contributed by atoms with van der Waals surface area (Å²) in [6, 6.07) is 2.99. The van der Waals surface area contributed by atoms with Crippen LogP contribution in [0.5, 0.6) is 0 Å². The van der Waals surface area contributed by atoms with Gasteiger partial charge >= 0.3 is 12.2 Å². The van der Waals surface area contributed by atoms with Crippen LogP contribution in [0, 0.1) is 0 Å². The summed E-state index contributed by atoms with van der Waals surface area (Å²) in [5, 5.41) is 2.96. The summed E-state index contributed by atoms with van der Waals surface area (Å²) in [5.74, 6) is 0.141. The van der Waals surface area contributed by atoms with E-state index >= 15 is 0 Å². The number of urea groups is 1. The van der Waals surface area contributed by atoms with Crippen LogP contribution in [0.4, 0.5) is 18.0 Å². The van der Waals surface area contributed by atoms with Crippen LogP contribution in [0.2, 0.25) is 0 Å². The molecule has 2 aliphatic heterocycles. The Balaban J connectivity index is 1.42. The molecule has 0 atom stereocenters. The molecule has 1 aromatic rings. The van der Waals surface area contributed by atoms with Gasteiger partial charge in [-0.3, -0.25) is 9.69 Å². The Morgan fingerprint density at radius 3 is 2.46 bits per heavy atom. The first-order valence-electron chi connectivity index (χ1n) is 9.49. The van der Waals surface area contributed by atoms with E-state index in [1.807, 2.05) is 0 Å². The first kappa shape index (κ1) is 20.5. The molecule has 0 spiro atoms. The number of amides is 3. The average molecular weight is 402 g/mol. The molecular formula is C18H25F3N4O3. The highest BCUT2D eigenvalue weighted by Gasteiger charge is 2.32. The molecule has 2 saturated heterocycles. The van der Waals surface area contributed by atoms with E-state index < -0.39 is 12.7 Å². The summed E-state index contributed by atoms with van der Waals surface area (Å²) < 4.78 is 42.8. The number of carbonyl (C=O) groups excluding carboxylic acids is 2. The Labute approximate surface area is 161 Å². The van der Waals surface area contributed by atoms with Crippen LogP contribution in [0.1, 0.15) is 29.8 Å². The van der Waals surface area contributed by atoms with Crippen molar-refractivity contribution in [2.75, 3.05) is 45.8 Å². The van der Waals surface area contributed by atoms with Gasteiger partial charge in [0.2, 0.25) is 0 Å². The standard InChI is InChI=1S/C18H25F3N4O3/c19-18(20,21)13-23-6-2-7-25(11-10-23)17(27)22-14-4-8-24(9-5-14)16(26)15-3-1-12-28-15/h1,3,12,14H,2,4-11,13H2,(H,22,27). The number of carbonyl (C=O) groups is 2. The normalized spacial score (nSPS) is 20.1. The minimum absolute atomic E-state index is 0.0531. The summed E-state index contributed by atoms with van der Waals surface area (Å²) in [7, 11) is 0. The molecule has 2 aliphatic rings. The Morgan fingerprint density at radius 1 is 1.07 bits per heavy atom. The number of halogens is 3. The van der Waals surface area contributed by atoms with E-state index in [0.717, 1.165) is 0 Å². The number of nitrogens with one attached hydrogen (secondary N) is 1. The van der Waals surface area contributed by atoms with Crippen molar-refractivity contribution < 1.29 is 27.2 Å². The lowest BCUT2D eigenvalue weighted by Gasteiger charge is -2.33. The van der Waals surface area contributed by atoms with Crippen molar-refractivity contribution in [2.45, 2.75) is 31.5 Å². The molecular weight excluding hydrogens is 377 g/mol. The van der Waals surface area contributed by atoms with Gasteiger partial charge in [0.15, 0.2) is 5.76 Å². The van der Waals surface area contributed by atoms with E-state index in [-0.39, 0.29) is 31.1 Å². The number of furan rings is 1. The number of alkyl halides is 3. The summed E-state index contributed by atoms with van der Waals surface area (Å²) in [6.45, 7) is 1.35. The molecule has 3 amide bonds. The van der Waals surface area contributed by atoms with Crippen LogP contribution in [-0.4, -0.2) is 84.7 Å². The maximum atomic E-state index is 12.5. The summed E-state index contributed by atoms with van der Waals surface area (Å²) >= 11 is 0. The zero-order valence-electron chi connectivity index (χ0n) is 15.6. The van der Waals surface area contributed by atoms with Crippen LogP contribution in [0.25, 0.3) is 0 Å². The molecule has 3 heterocycles. The number of hydrogen-bond donors (Lipinski definition) is 1. The molecule has 0 aliphatic carbocycles. The van der Waals surface area contributed by atoms with Gasteiger partial charge in [-0.2, -0.15) is 13.2 Å². The second-order valence-electron chi connectivity index (χ2n) is 7.23. The molecule has 10 heteroatoms. The van der Waals surface area contributed by atoms with Gasteiger partial charge in [-0.05, 0) is 31.4 Å². The Morgan fingerprint density at radius 2 is 1.82 bits per heavy atom. The van der Waals surface area contributed by atoms with E-state index in [2.05, 4.69) is 5.32 Å². The number of rotatable bonds is 3. The van der Waals surface area contributed by atoms with Crippen LogP contribution in [0.3, 0.4) is 0 Å². The second kappa shape index (κ2) is 8.85. The van der Waals surface area contributed by atoms with Gasteiger partial charge in [0.05, 0.1) is 12.8 Å². The van der Waals surface area contributed by atoms with Gasteiger partial charge in [0, 0.05) is 45.3 Å². The van der Waals surface area contributed by atoms with E-state index in [9.17, 15) is 22.8 Å². The molecule has 1 aromatic heterocycles. The topological polar surface area (TPSA) is 69.0 Å². The molecule has 7 nitrogen and oxygen atoms in total. The molecule has 0 radical (unpaired) electrons. The summed E-state index contributed by atoms with van der Waals surface area (Å²) in [5.41, 5.74) is 0. The van der Waals surface area contributed by atoms with E-state index in [4.69, 9.17) is 4.42 Å². The lowest BCUT2D eigenvalue weighted by atomic mass is 10.0. The number of piperidine rings is 1. The van der Waals surface area contributed by atoms with Gasteiger partial charge in [0.25, 0.3) is 5.91 Å². The molecule has 0 saturated carbocycles. The average Bonchev–Trinajstić information content (AvgIpc) is 3.08. The highest BCUT2D eigenvalue weighted by Crippen LogP contribution is 2.18. The zero-order valence-corrected chi connectivity index (χ0v) is 15.6. The predicted octanol–water partition coefficient (Wildman–Crippen LogP) is 2.16. The van der Waals surface area contributed by atoms with Gasteiger partial charge in [-0.1, -0.05) is 0 Å². The number of likely N-dealkylation sites (tertiary alicyclic amines) is 1. The van der Waals surface area contributed by atoms with Gasteiger partial charge < -0.3 is 19.5 Å². The highest BCUT2D eigenvalue weighted by molar-refractivity contribution is 5.91. The third kappa shape index (κ3) is 5.63. The summed E-state index contributed by atoms with van der Waals surface area (Å²) in [4.78, 5) is 29.4. The smallest absolute Gasteiger partial charge is 0.401 e. The monoisotopic (exact) mass is 402 g/mol. The fourth-order valence-electron chi connectivity index (χ4n) is 3.63. The molecule has 0 aromatic carbocycles. The molecule has 0 bridgehead atoms. The first-order chi connectivity index (χ1) is 13.3. The first-order valence-corrected chi connectivity index (χ1v) is 9.49. The molecule has 3 rings (SSSR count). The minimum Gasteiger partial charge on any atom is -0.459 e.